The Bertz CT molecular complexity index is 491. The summed E-state index contributed by atoms with van der Waals surface area (Å²) in [4.78, 5) is 9.52. The molecule has 2 aromatic heterocycles. The van der Waals surface area contributed by atoms with Crippen molar-refractivity contribution in [3.05, 3.63) is 42.4 Å². The molecule has 5 heteroatoms. The van der Waals surface area contributed by atoms with Crippen molar-refractivity contribution in [2.24, 2.45) is 5.16 Å². The van der Waals surface area contributed by atoms with Gasteiger partial charge in [-0.15, -0.1) is 0 Å². The molecule has 2 heterocycles. The van der Waals surface area contributed by atoms with Crippen molar-refractivity contribution in [1.29, 1.82) is 0 Å². The predicted octanol–water partition coefficient (Wildman–Crippen LogP) is 2.96. The first-order chi connectivity index (χ1) is 9.40. The van der Waals surface area contributed by atoms with Gasteiger partial charge < -0.3 is 4.84 Å². The molecule has 0 aromatic carbocycles. The first-order valence-electron chi connectivity index (χ1n) is 6.49. The number of unbranched alkanes of at least 4 members (excludes halogenated alkanes) is 2. The van der Waals surface area contributed by atoms with Gasteiger partial charge in [-0.1, -0.05) is 24.6 Å². The van der Waals surface area contributed by atoms with Crippen LogP contribution in [-0.4, -0.2) is 21.0 Å². The third-order valence-electron chi connectivity index (χ3n) is 2.62. The van der Waals surface area contributed by atoms with Gasteiger partial charge in [-0.3, -0.25) is 0 Å². The topological polar surface area (TPSA) is 52.3 Å². The van der Waals surface area contributed by atoms with E-state index in [1.54, 1.807) is 17.1 Å². The lowest BCUT2D eigenvalue weighted by atomic mass is 10.3. The minimum atomic E-state index is 0.439. The zero-order chi connectivity index (χ0) is 13.3. The molecular weight excluding hydrogens is 240 g/mol. The maximum atomic E-state index is 5.20. The lowest BCUT2D eigenvalue weighted by molar-refractivity contribution is 0.131. The van der Waals surface area contributed by atoms with Crippen molar-refractivity contribution in [2.75, 3.05) is 0 Å². The lowest BCUT2D eigenvalue weighted by Gasteiger charge is -2.02. The molecule has 2 rings (SSSR count). The monoisotopic (exact) mass is 258 g/mol. The summed E-state index contributed by atoms with van der Waals surface area (Å²) in [5, 5.41) is 8.03. The molecule has 0 spiro atoms. The predicted molar refractivity (Wildman–Crippen MR) is 74.2 cm³/mol. The lowest BCUT2D eigenvalue weighted by Crippen LogP contribution is -1.98. The molecule has 0 unspecified atom stereocenters. The van der Waals surface area contributed by atoms with E-state index < -0.39 is 0 Å². The molecule has 0 aliphatic heterocycles. The summed E-state index contributed by atoms with van der Waals surface area (Å²) in [5.41, 5.74) is 0.989. The number of nitrogens with zero attached hydrogens (tertiary/aromatic N) is 4. The molecule has 100 valence electrons. The summed E-state index contributed by atoms with van der Waals surface area (Å²) in [5.74, 6) is 0.792. The van der Waals surface area contributed by atoms with Gasteiger partial charge in [-0.2, -0.15) is 5.10 Å². The van der Waals surface area contributed by atoms with Gasteiger partial charge in [0.25, 0.3) is 0 Å². The highest BCUT2D eigenvalue weighted by Crippen LogP contribution is 2.05. The summed E-state index contributed by atoms with van der Waals surface area (Å²) in [6, 6.07) is 5.74. The molecule has 0 bridgehead atoms. The highest BCUT2D eigenvalue weighted by atomic mass is 16.6. The average molecular weight is 258 g/mol. The molecule has 0 fully saturated rings. The van der Waals surface area contributed by atoms with Gasteiger partial charge in [-0.25, -0.2) is 9.67 Å². The van der Waals surface area contributed by atoms with Crippen LogP contribution in [0.4, 0.5) is 0 Å². The van der Waals surface area contributed by atoms with Crippen LogP contribution in [0.1, 0.15) is 31.7 Å². The Kier molecular flexibility index (Phi) is 5.10. The van der Waals surface area contributed by atoms with E-state index in [1.807, 2.05) is 30.6 Å². The summed E-state index contributed by atoms with van der Waals surface area (Å²) in [6.07, 6.45) is 10.5. The first kappa shape index (κ1) is 13.3. The number of pyridine rings is 1. The summed E-state index contributed by atoms with van der Waals surface area (Å²) in [6.45, 7) is 2.59. The van der Waals surface area contributed by atoms with Crippen molar-refractivity contribution < 1.29 is 4.84 Å². The van der Waals surface area contributed by atoms with E-state index in [0.29, 0.717) is 6.61 Å². The molecule has 5 nitrogen and oxygen atoms in total. The normalized spacial score (nSPS) is 11.0. The molecule has 2 aromatic rings. The van der Waals surface area contributed by atoms with Crippen molar-refractivity contribution in [2.45, 2.75) is 32.8 Å². The molecule has 0 saturated heterocycles. The second-order valence-electron chi connectivity index (χ2n) is 4.18. The summed E-state index contributed by atoms with van der Waals surface area (Å²) in [7, 11) is 0. The highest BCUT2D eigenvalue weighted by Gasteiger charge is 1.98. The molecule has 0 radical (unpaired) electrons. The molecule has 19 heavy (non-hydrogen) atoms. The molecule has 0 atom stereocenters. The largest absolute Gasteiger partial charge is 0.391 e. The van der Waals surface area contributed by atoms with Crippen LogP contribution in [0.5, 0.6) is 0 Å². The van der Waals surface area contributed by atoms with E-state index in [4.69, 9.17) is 4.84 Å². The SMILES string of the molecule is CCCCC=NOCc1ccc(-n2cccn2)nc1. The molecule has 0 N–H and O–H groups in total. The van der Waals surface area contributed by atoms with Crippen molar-refractivity contribution in [3.63, 3.8) is 0 Å². The van der Waals surface area contributed by atoms with Gasteiger partial charge in [0.15, 0.2) is 5.82 Å². The molecule has 0 saturated carbocycles. The Balaban J connectivity index is 1.81. The fraction of sp³-hybridized carbons (Fsp3) is 0.357. The fourth-order valence-electron chi connectivity index (χ4n) is 1.55. The number of rotatable bonds is 7. The Morgan fingerprint density at radius 2 is 2.37 bits per heavy atom. The van der Waals surface area contributed by atoms with Crippen molar-refractivity contribution >= 4 is 6.21 Å². The number of aromatic nitrogens is 3. The minimum Gasteiger partial charge on any atom is -0.391 e. The van der Waals surface area contributed by atoms with Gasteiger partial charge in [0.1, 0.15) is 6.61 Å². The number of hydrogen-bond donors (Lipinski definition) is 0. The molecule has 0 aliphatic rings. The number of oxime groups is 1. The summed E-state index contributed by atoms with van der Waals surface area (Å²) < 4.78 is 1.72. The maximum absolute atomic E-state index is 5.20. The summed E-state index contributed by atoms with van der Waals surface area (Å²) >= 11 is 0. The Morgan fingerprint density at radius 1 is 1.42 bits per heavy atom. The average Bonchev–Trinajstić information content (AvgIpc) is 2.97. The van der Waals surface area contributed by atoms with Gasteiger partial charge in [0, 0.05) is 30.4 Å². The Hall–Kier alpha value is -2.17. The van der Waals surface area contributed by atoms with Crippen LogP contribution >= 0.6 is 0 Å². The molecule has 0 aliphatic carbocycles. The third-order valence-corrected chi connectivity index (χ3v) is 2.62. The third kappa shape index (κ3) is 4.21. The smallest absolute Gasteiger partial charge is 0.153 e. The Morgan fingerprint density at radius 3 is 3.05 bits per heavy atom. The van der Waals surface area contributed by atoms with Crippen molar-refractivity contribution in [3.8, 4) is 5.82 Å². The van der Waals surface area contributed by atoms with Crippen LogP contribution in [0.25, 0.3) is 5.82 Å². The standard InChI is InChI=1S/C14H18N4O/c1-2-3-4-9-17-19-12-13-6-7-14(15-11-13)18-10-5-8-16-18/h5-11H,2-4,12H2,1H3. The van der Waals surface area contributed by atoms with Crippen LogP contribution in [0.3, 0.4) is 0 Å². The van der Waals surface area contributed by atoms with Gasteiger partial charge in [0.05, 0.1) is 0 Å². The van der Waals surface area contributed by atoms with E-state index in [9.17, 15) is 0 Å². The first-order valence-corrected chi connectivity index (χ1v) is 6.49. The highest BCUT2D eigenvalue weighted by molar-refractivity contribution is 5.56. The maximum Gasteiger partial charge on any atom is 0.153 e. The fourth-order valence-corrected chi connectivity index (χ4v) is 1.55. The van der Waals surface area contributed by atoms with Gasteiger partial charge in [-0.05, 0) is 25.0 Å². The van der Waals surface area contributed by atoms with E-state index in [1.165, 1.54) is 6.42 Å². The van der Waals surface area contributed by atoms with Crippen LogP contribution in [0, 0.1) is 0 Å². The zero-order valence-electron chi connectivity index (χ0n) is 11.1. The van der Waals surface area contributed by atoms with E-state index in [0.717, 1.165) is 24.2 Å². The quantitative estimate of drug-likeness (QED) is 0.436. The van der Waals surface area contributed by atoms with Crippen LogP contribution in [0.15, 0.2) is 41.9 Å². The van der Waals surface area contributed by atoms with E-state index in [-0.39, 0.29) is 0 Å². The van der Waals surface area contributed by atoms with Gasteiger partial charge in [0.2, 0.25) is 0 Å². The van der Waals surface area contributed by atoms with Crippen LogP contribution in [-0.2, 0) is 11.4 Å². The zero-order valence-corrected chi connectivity index (χ0v) is 11.1. The second kappa shape index (κ2) is 7.31. The Labute approximate surface area is 112 Å². The molecular formula is C14H18N4O. The van der Waals surface area contributed by atoms with Crippen molar-refractivity contribution in [1.82, 2.24) is 14.8 Å². The van der Waals surface area contributed by atoms with E-state index in [2.05, 4.69) is 22.2 Å². The van der Waals surface area contributed by atoms with E-state index >= 15 is 0 Å². The minimum absolute atomic E-state index is 0.439. The number of hydrogen-bond acceptors (Lipinski definition) is 4. The van der Waals surface area contributed by atoms with Crippen LogP contribution < -0.4 is 0 Å². The van der Waals surface area contributed by atoms with Crippen LogP contribution in [0.2, 0.25) is 0 Å². The van der Waals surface area contributed by atoms with Gasteiger partial charge >= 0.3 is 0 Å². The second-order valence-corrected chi connectivity index (χ2v) is 4.18. The molecule has 0 amide bonds.